The molecule has 2 N–H and O–H groups in total. The average Bonchev–Trinajstić information content (AvgIpc) is 2.25. The maximum atomic E-state index is 6.85. The Morgan fingerprint density at radius 3 is 2.39 bits per heavy atom. The lowest BCUT2D eigenvalue weighted by atomic mass is 9.59. The standard InChI is InChI=1S/C16H29NO/c1-14(2)6-3-9-16(17,12-14)13-5-10-18-15(11-13)7-4-8-15/h13H,3-12,17H2,1-2H3. The summed E-state index contributed by atoms with van der Waals surface area (Å²) in [5, 5.41) is 0. The van der Waals surface area contributed by atoms with Gasteiger partial charge >= 0.3 is 0 Å². The van der Waals surface area contributed by atoms with Crippen LogP contribution in [-0.2, 0) is 4.74 Å². The van der Waals surface area contributed by atoms with Crippen LogP contribution in [0.4, 0.5) is 0 Å². The average molecular weight is 251 g/mol. The molecule has 1 saturated heterocycles. The van der Waals surface area contributed by atoms with Gasteiger partial charge in [-0.15, -0.1) is 0 Å². The van der Waals surface area contributed by atoms with E-state index in [2.05, 4.69) is 13.8 Å². The monoisotopic (exact) mass is 251 g/mol. The predicted molar refractivity (Wildman–Crippen MR) is 74.4 cm³/mol. The molecule has 1 heterocycles. The van der Waals surface area contributed by atoms with E-state index < -0.39 is 0 Å². The van der Waals surface area contributed by atoms with Gasteiger partial charge in [0.15, 0.2) is 0 Å². The van der Waals surface area contributed by atoms with Crippen LogP contribution in [0.1, 0.15) is 71.6 Å². The second-order valence-corrected chi connectivity index (χ2v) is 8.00. The Morgan fingerprint density at radius 2 is 1.78 bits per heavy atom. The third-order valence-electron chi connectivity index (χ3n) is 5.87. The van der Waals surface area contributed by atoms with E-state index in [1.54, 1.807) is 0 Å². The highest BCUT2D eigenvalue weighted by Gasteiger charge is 2.49. The molecule has 0 bridgehead atoms. The number of rotatable bonds is 1. The molecule has 2 saturated carbocycles. The summed E-state index contributed by atoms with van der Waals surface area (Å²) >= 11 is 0. The molecular weight excluding hydrogens is 222 g/mol. The van der Waals surface area contributed by atoms with E-state index in [9.17, 15) is 0 Å². The summed E-state index contributed by atoms with van der Waals surface area (Å²) in [6, 6.07) is 0. The van der Waals surface area contributed by atoms with Crippen LogP contribution in [-0.4, -0.2) is 17.7 Å². The largest absolute Gasteiger partial charge is 0.375 e. The van der Waals surface area contributed by atoms with Gasteiger partial charge in [-0.2, -0.15) is 0 Å². The first-order valence-electron chi connectivity index (χ1n) is 7.86. The molecule has 0 amide bonds. The van der Waals surface area contributed by atoms with Gasteiger partial charge in [-0.1, -0.05) is 20.3 Å². The molecule has 2 heteroatoms. The van der Waals surface area contributed by atoms with Crippen molar-refractivity contribution in [3.8, 4) is 0 Å². The second-order valence-electron chi connectivity index (χ2n) is 8.00. The Kier molecular flexibility index (Phi) is 3.02. The fourth-order valence-electron chi connectivity index (χ4n) is 4.75. The first-order valence-corrected chi connectivity index (χ1v) is 7.86. The summed E-state index contributed by atoms with van der Waals surface area (Å²) in [7, 11) is 0. The van der Waals surface area contributed by atoms with Crippen molar-refractivity contribution in [2.24, 2.45) is 17.1 Å². The molecule has 104 valence electrons. The maximum Gasteiger partial charge on any atom is 0.0686 e. The Morgan fingerprint density at radius 1 is 1.06 bits per heavy atom. The highest BCUT2D eigenvalue weighted by Crippen LogP contribution is 2.51. The van der Waals surface area contributed by atoms with Crippen LogP contribution in [0.15, 0.2) is 0 Å². The van der Waals surface area contributed by atoms with E-state index in [0.29, 0.717) is 11.3 Å². The zero-order chi connectivity index (χ0) is 12.9. The van der Waals surface area contributed by atoms with Gasteiger partial charge in [-0.3, -0.25) is 0 Å². The Bertz CT molecular complexity index is 321. The highest BCUT2D eigenvalue weighted by molar-refractivity contribution is 5.04. The van der Waals surface area contributed by atoms with Gasteiger partial charge in [-0.25, -0.2) is 0 Å². The van der Waals surface area contributed by atoms with Crippen molar-refractivity contribution in [3.05, 3.63) is 0 Å². The Labute approximate surface area is 112 Å². The van der Waals surface area contributed by atoms with Gasteiger partial charge in [0, 0.05) is 12.1 Å². The fraction of sp³-hybridized carbons (Fsp3) is 1.00. The quantitative estimate of drug-likeness (QED) is 0.772. The maximum absolute atomic E-state index is 6.85. The van der Waals surface area contributed by atoms with Gasteiger partial charge in [0.2, 0.25) is 0 Å². The normalized spacial score (nSPS) is 42.5. The first kappa shape index (κ1) is 12.9. The summed E-state index contributed by atoms with van der Waals surface area (Å²) in [6.45, 7) is 5.74. The molecular formula is C16H29NO. The summed E-state index contributed by atoms with van der Waals surface area (Å²) in [5.74, 6) is 0.700. The molecule has 0 aromatic rings. The van der Waals surface area contributed by atoms with Crippen molar-refractivity contribution >= 4 is 0 Å². The minimum absolute atomic E-state index is 0.0914. The van der Waals surface area contributed by atoms with E-state index in [4.69, 9.17) is 10.5 Å². The van der Waals surface area contributed by atoms with E-state index in [-0.39, 0.29) is 11.1 Å². The third kappa shape index (κ3) is 2.22. The van der Waals surface area contributed by atoms with Crippen molar-refractivity contribution < 1.29 is 4.74 Å². The lowest BCUT2D eigenvalue weighted by Crippen LogP contribution is -2.58. The van der Waals surface area contributed by atoms with Crippen LogP contribution in [0, 0.1) is 11.3 Å². The molecule has 2 atom stereocenters. The zero-order valence-corrected chi connectivity index (χ0v) is 12.1. The number of ether oxygens (including phenoxy) is 1. The van der Waals surface area contributed by atoms with Gasteiger partial charge in [-0.05, 0) is 62.7 Å². The van der Waals surface area contributed by atoms with Crippen LogP contribution < -0.4 is 5.73 Å². The summed E-state index contributed by atoms with van der Waals surface area (Å²) < 4.78 is 6.06. The molecule has 0 radical (unpaired) electrons. The zero-order valence-electron chi connectivity index (χ0n) is 12.1. The topological polar surface area (TPSA) is 35.2 Å². The van der Waals surface area contributed by atoms with Gasteiger partial charge in [0.05, 0.1) is 5.60 Å². The minimum Gasteiger partial charge on any atom is -0.375 e. The van der Waals surface area contributed by atoms with Crippen molar-refractivity contribution in [2.75, 3.05) is 6.61 Å². The Hall–Kier alpha value is -0.0800. The minimum atomic E-state index is 0.0914. The van der Waals surface area contributed by atoms with Crippen LogP contribution in [0.2, 0.25) is 0 Å². The smallest absolute Gasteiger partial charge is 0.0686 e. The molecule has 3 fully saturated rings. The highest BCUT2D eigenvalue weighted by atomic mass is 16.5. The molecule has 1 aliphatic heterocycles. The lowest BCUT2D eigenvalue weighted by Gasteiger charge is -2.54. The number of hydrogen-bond donors (Lipinski definition) is 1. The summed E-state index contributed by atoms with van der Waals surface area (Å²) in [4.78, 5) is 0. The summed E-state index contributed by atoms with van der Waals surface area (Å²) in [5.41, 5.74) is 7.63. The van der Waals surface area contributed by atoms with Crippen LogP contribution in [0.25, 0.3) is 0 Å². The third-order valence-corrected chi connectivity index (χ3v) is 5.87. The SMILES string of the molecule is CC1(C)CCCC(N)(C2CCOC3(CCC3)C2)C1. The van der Waals surface area contributed by atoms with Crippen LogP contribution in [0.5, 0.6) is 0 Å². The molecule has 0 aromatic carbocycles. The molecule has 2 aliphatic carbocycles. The second kappa shape index (κ2) is 4.21. The fourth-order valence-corrected chi connectivity index (χ4v) is 4.75. The van der Waals surface area contributed by atoms with E-state index in [1.807, 2.05) is 0 Å². The van der Waals surface area contributed by atoms with Gasteiger partial charge in [0.1, 0.15) is 0 Å². The van der Waals surface area contributed by atoms with Crippen LogP contribution >= 0.6 is 0 Å². The number of nitrogens with two attached hydrogens (primary N) is 1. The van der Waals surface area contributed by atoms with Crippen molar-refractivity contribution in [1.82, 2.24) is 0 Å². The van der Waals surface area contributed by atoms with Gasteiger partial charge < -0.3 is 10.5 Å². The lowest BCUT2D eigenvalue weighted by molar-refractivity contribution is -0.156. The van der Waals surface area contributed by atoms with Crippen LogP contribution in [0.3, 0.4) is 0 Å². The molecule has 3 rings (SSSR count). The predicted octanol–water partition coefficient (Wildman–Crippen LogP) is 3.63. The van der Waals surface area contributed by atoms with Gasteiger partial charge in [0.25, 0.3) is 0 Å². The first-order chi connectivity index (χ1) is 8.43. The van der Waals surface area contributed by atoms with Crippen molar-refractivity contribution in [3.63, 3.8) is 0 Å². The molecule has 2 nitrogen and oxygen atoms in total. The van der Waals surface area contributed by atoms with E-state index in [0.717, 1.165) is 6.61 Å². The van der Waals surface area contributed by atoms with E-state index in [1.165, 1.54) is 57.8 Å². The summed E-state index contributed by atoms with van der Waals surface area (Å²) in [6.07, 6.45) is 11.4. The molecule has 1 spiro atoms. The van der Waals surface area contributed by atoms with E-state index >= 15 is 0 Å². The van der Waals surface area contributed by atoms with Crippen molar-refractivity contribution in [1.29, 1.82) is 0 Å². The molecule has 18 heavy (non-hydrogen) atoms. The Balaban J connectivity index is 1.72. The van der Waals surface area contributed by atoms with Crippen molar-refractivity contribution in [2.45, 2.75) is 82.8 Å². The molecule has 3 aliphatic rings. The number of hydrogen-bond acceptors (Lipinski definition) is 2. The molecule has 2 unspecified atom stereocenters. The molecule has 0 aromatic heterocycles.